The fourth-order valence-corrected chi connectivity index (χ4v) is 6.12. The fourth-order valence-electron chi connectivity index (χ4n) is 4.33. The van der Waals surface area contributed by atoms with Crippen LogP contribution < -0.4 is 4.31 Å². The molecule has 4 rings (SSSR count). The van der Waals surface area contributed by atoms with Crippen LogP contribution in [0, 0.1) is 11.6 Å². The minimum absolute atomic E-state index is 0.0893. The number of sulfonamides is 1. The number of carbonyl (C=O) groups is 1. The Morgan fingerprint density at radius 2 is 1.62 bits per heavy atom. The van der Waals surface area contributed by atoms with Crippen molar-refractivity contribution >= 4 is 33.3 Å². The molecule has 0 aliphatic carbocycles. The summed E-state index contributed by atoms with van der Waals surface area (Å²) in [6.07, 6.45) is 2.84. The lowest BCUT2D eigenvalue weighted by molar-refractivity contribution is 0.148. The van der Waals surface area contributed by atoms with E-state index in [1.54, 1.807) is 9.80 Å². The smallest absolute Gasteiger partial charge is 0.320 e. The molecule has 2 fully saturated rings. The maximum Gasteiger partial charge on any atom is 0.320 e. The molecule has 0 radical (unpaired) electrons. The first-order valence-corrected chi connectivity index (χ1v) is 12.4. The maximum absolute atomic E-state index is 14.8. The van der Waals surface area contributed by atoms with Crippen LogP contribution in [0.25, 0.3) is 0 Å². The van der Waals surface area contributed by atoms with Crippen molar-refractivity contribution in [1.29, 1.82) is 0 Å². The number of nitrogens with zero attached hydrogens (tertiary/aromatic N) is 3. The highest BCUT2D eigenvalue weighted by molar-refractivity contribution is 7.92. The Morgan fingerprint density at radius 3 is 2.31 bits per heavy atom. The normalized spacial score (nSPS) is 19.3. The molecule has 0 aromatic heterocycles. The standard InChI is InChI=1S/C22H24ClF2N3O3S/c23-16-5-8-19(9-6-16)32(30,31)28(21-14-17(24)7-10-20(21)25)18-4-3-13-27(15-18)22(29)26-11-1-2-12-26/h5-10,14,18H,1-4,11-13,15H2. The Bertz CT molecular complexity index is 1090. The SMILES string of the molecule is O=C(N1CCCC1)N1CCCC(N(c2cc(F)ccc2F)S(=O)(=O)c2ccc(Cl)cc2)C1. The van der Waals surface area contributed by atoms with E-state index in [1.165, 1.54) is 24.3 Å². The monoisotopic (exact) mass is 483 g/mol. The van der Waals surface area contributed by atoms with Gasteiger partial charge < -0.3 is 9.80 Å². The number of urea groups is 1. The molecule has 2 saturated heterocycles. The molecule has 2 aliphatic heterocycles. The van der Waals surface area contributed by atoms with Crippen molar-refractivity contribution in [2.24, 2.45) is 0 Å². The molecule has 10 heteroatoms. The summed E-state index contributed by atoms with van der Waals surface area (Å²) in [6, 6.07) is 7.36. The van der Waals surface area contributed by atoms with E-state index >= 15 is 0 Å². The van der Waals surface area contributed by atoms with Crippen molar-refractivity contribution in [1.82, 2.24) is 9.80 Å². The lowest BCUT2D eigenvalue weighted by Gasteiger charge is -2.40. The lowest BCUT2D eigenvalue weighted by atomic mass is 10.1. The summed E-state index contributed by atoms with van der Waals surface area (Å²) in [5.74, 6) is -1.61. The van der Waals surface area contributed by atoms with E-state index in [1.807, 2.05) is 0 Å². The molecule has 2 aromatic carbocycles. The third-order valence-corrected chi connectivity index (χ3v) is 8.02. The van der Waals surface area contributed by atoms with Gasteiger partial charge in [0.1, 0.15) is 11.6 Å². The van der Waals surface area contributed by atoms with Gasteiger partial charge in [0, 0.05) is 37.3 Å². The highest BCUT2D eigenvalue weighted by Gasteiger charge is 2.38. The van der Waals surface area contributed by atoms with Crippen molar-refractivity contribution in [3.8, 4) is 0 Å². The number of likely N-dealkylation sites (tertiary alicyclic amines) is 2. The Hall–Kier alpha value is -2.39. The van der Waals surface area contributed by atoms with Crippen LogP contribution in [0.15, 0.2) is 47.4 Å². The quantitative estimate of drug-likeness (QED) is 0.643. The van der Waals surface area contributed by atoms with Crippen LogP contribution >= 0.6 is 11.6 Å². The van der Waals surface area contributed by atoms with Crippen molar-refractivity contribution in [3.05, 3.63) is 59.1 Å². The second-order valence-corrected chi connectivity index (χ2v) is 10.3. The van der Waals surface area contributed by atoms with Gasteiger partial charge >= 0.3 is 6.03 Å². The number of piperidine rings is 1. The van der Waals surface area contributed by atoms with E-state index in [0.717, 1.165) is 35.3 Å². The van der Waals surface area contributed by atoms with Crippen molar-refractivity contribution < 1.29 is 22.0 Å². The third kappa shape index (κ3) is 4.54. The number of rotatable bonds is 4. The van der Waals surface area contributed by atoms with Gasteiger partial charge in [0.05, 0.1) is 16.6 Å². The van der Waals surface area contributed by atoms with Gasteiger partial charge in [0.25, 0.3) is 10.0 Å². The summed E-state index contributed by atoms with van der Waals surface area (Å²) in [6.45, 7) is 1.93. The van der Waals surface area contributed by atoms with Gasteiger partial charge in [-0.3, -0.25) is 4.31 Å². The van der Waals surface area contributed by atoms with Crippen molar-refractivity contribution in [3.63, 3.8) is 0 Å². The number of halogens is 3. The summed E-state index contributed by atoms with van der Waals surface area (Å²) in [4.78, 5) is 16.2. The number of anilines is 1. The van der Waals surface area contributed by atoms with Gasteiger partial charge in [0.15, 0.2) is 0 Å². The van der Waals surface area contributed by atoms with Crippen LogP contribution in [0.2, 0.25) is 5.02 Å². The van der Waals surface area contributed by atoms with Crippen LogP contribution in [0.1, 0.15) is 25.7 Å². The summed E-state index contributed by atoms with van der Waals surface area (Å²) >= 11 is 5.90. The first-order valence-electron chi connectivity index (χ1n) is 10.6. The number of amides is 2. The largest absolute Gasteiger partial charge is 0.325 e. The molecule has 2 heterocycles. The molecule has 1 atom stereocenters. The molecule has 0 bridgehead atoms. The molecular formula is C22H24ClF2N3O3S. The highest BCUT2D eigenvalue weighted by Crippen LogP contribution is 2.33. The zero-order chi connectivity index (χ0) is 22.9. The van der Waals surface area contributed by atoms with Gasteiger partial charge in [-0.1, -0.05) is 11.6 Å². The number of benzene rings is 2. The predicted molar refractivity (Wildman–Crippen MR) is 118 cm³/mol. The zero-order valence-electron chi connectivity index (χ0n) is 17.4. The number of hydrogen-bond donors (Lipinski definition) is 0. The van der Waals surface area contributed by atoms with E-state index < -0.39 is 27.7 Å². The lowest BCUT2D eigenvalue weighted by Crippen LogP contribution is -2.54. The Labute approximate surface area is 191 Å². The van der Waals surface area contributed by atoms with Crippen LogP contribution in [0.4, 0.5) is 19.3 Å². The molecule has 0 spiro atoms. The van der Waals surface area contributed by atoms with E-state index in [-0.39, 0.29) is 23.2 Å². The molecule has 2 aromatic rings. The molecule has 1 unspecified atom stereocenters. The molecule has 2 aliphatic rings. The van der Waals surface area contributed by atoms with Gasteiger partial charge in [-0.15, -0.1) is 0 Å². The Kier molecular flexibility index (Phi) is 6.57. The molecular weight excluding hydrogens is 460 g/mol. The molecule has 0 N–H and O–H groups in total. The van der Waals surface area contributed by atoms with Gasteiger partial charge in [-0.25, -0.2) is 22.0 Å². The van der Waals surface area contributed by atoms with E-state index in [0.29, 0.717) is 37.5 Å². The molecule has 6 nitrogen and oxygen atoms in total. The number of carbonyl (C=O) groups excluding carboxylic acids is 1. The second kappa shape index (κ2) is 9.23. The summed E-state index contributed by atoms with van der Waals surface area (Å²) < 4.78 is 57.0. The first kappa shape index (κ1) is 22.8. The molecule has 0 saturated carbocycles. The van der Waals surface area contributed by atoms with Gasteiger partial charge in [-0.05, 0) is 62.1 Å². The van der Waals surface area contributed by atoms with Crippen molar-refractivity contribution in [2.75, 3.05) is 30.5 Å². The predicted octanol–water partition coefficient (Wildman–Crippen LogP) is 4.49. The third-order valence-electron chi connectivity index (χ3n) is 5.89. The molecule has 2 amide bonds. The van der Waals surface area contributed by atoms with Crippen molar-refractivity contribution in [2.45, 2.75) is 36.6 Å². The average molecular weight is 484 g/mol. The minimum Gasteiger partial charge on any atom is -0.325 e. The summed E-state index contributed by atoms with van der Waals surface area (Å²) in [5.41, 5.74) is -0.375. The highest BCUT2D eigenvalue weighted by atomic mass is 35.5. The van der Waals surface area contributed by atoms with Crippen LogP contribution in [0.5, 0.6) is 0 Å². The minimum atomic E-state index is -4.26. The maximum atomic E-state index is 14.8. The fraction of sp³-hybridized carbons (Fsp3) is 0.409. The van der Waals surface area contributed by atoms with Gasteiger partial charge in [-0.2, -0.15) is 0 Å². The van der Waals surface area contributed by atoms with E-state index in [2.05, 4.69) is 0 Å². The molecule has 172 valence electrons. The van der Waals surface area contributed by atoms with E-state index in [9.17, 15) is 22.0 Å². The zero-order valence-corrected chi connectivity index (χ0v) is 19.0. The average Bonchev–Trinajstić information content (AvgIpc) is 3.31. The summed E-state index contributed by atoms with van der Waals surface area (Å²) in [5, 5.41) is 0.354. The second-order valence-electron chi connectivity index (χ2n) is 8.07. The van der Waals surface area contributed by atoms with Crippen LogP contribution in [0.3, 0.4) is 0 Å². The van der Waals surface area contributed by atoms with E-state index in [4.69, 9.17) is 11.6 Å². The number of hydrogen-bond acceptors (Lipinski definition) is 3. The molecule has 32 heavy (non-hydrogen) atoms. The van der Waals surface area contributed by atoms with Crippen LogP contribution in [-0.2, 0) is 10.0 Å². The first-order chi connectivity index (χ1) is 15.3. The summed E-state index contributed by atoms with van der Waals surface area (Å²) in [7, 11) is -4.26. The Balaban J connectivity index is 1.73. The topological polar surface area (TPSA) is 60.9 Å². The van der Waals surface area contributed by atoms with Crippen LogP contribution in [-0.4, -0.2) is 56.5 Å². The Morgan fingerprint density at radius 1 is 0.969 bits per heavy atom. The van der Waals surface area contributed by atoms with Gasteiger partial charge in [0.2, 0.25) is 0 Å².